The molecule has 0 fully saturated rings. The maximum absolute atomic E-state index is 8.62. The molecule has 0 saturated heterocycles. The van der Waals surface area contributed by atoms with Crippen LogP contribution in [0.4, 0.5) is 0 Å². The minimum absolute atomic E-state index is 0.164. The highest BCUT2D eigenvalue weighted by atomic mass is 16.3. The number of aliphatic hydroxyl groups excluding tert-OH is 2. The van der Waals surface area contributed by atoms with Crippen LogP contribution in [0.5, 0.6) is 0 Å². The third-order valence-electron chi connectivity index (χ3n) is 1.56. The lowest BCUT2D eigenvalue weighted by atomic mass is 10.3. The van der Waals surface area contributed by atoms with Crippen LogP contribution in [0.2, 0.25) is 0 Å². The van der Waals surface area contributed by atoms with Gasteiger partial charge in [0.1, 0.15) is 0 Å². The average Bonchev–Trinajstić information content (AvgIpc) is 2.01. The molecular formula is C7H19N2O2+. The van der Waals surface area contributed by atoms with Crippen molar-refractivity contribution in [2.45, 2.75) is 6.42 Å². The molecule has 0 aliphatic rings. The van der Waals surface area contributed by atoms with E-state index in [0.717, 1.165) is 19.5 Å². The first kappa shape index (κ1) is 10.8. The second-order valence-corrected chi connectivity index (χ2v) is 2.50. The molecule has 0 unspecified atom stereocenters. The van der Waals surface area contributed by atoms with Gasteiger partial charge in [0.2, 0.25) is 0 Å². The van der Waals surface area contributed by atoms with Crippen molar-refractivity contribution in [1.82, 2.24) is 4.90 Å². The SMILES string of the molecule is [NH3+]CCCN(CCO)CCO. The Morgan fingerprint density at radius 2 is 1.55 bits per heavy atom. The van der Waals surface area contributed by atoms with E-state index >= 15 is 0 Å². The molecular weight excluding hydrogens is 144 g/mol. The average molecular weight is 163 g/mol. The predicted molar refractivity (Wildman–Crippen MR) is 43.0 cm³/mol. The molecule has 0 bridgehead atoms. The van der Waals surface area contributed by atoms with Crippen molar-refractivity contribution >= 4 is 0 Å². The fourth-order valence-electron chi connectivity index (χ4n) is 0.954. The molecule has 0 aromatic heterocycles. The van der Waals surface area contributed by atoms with Gasteiger partial charge in [0.25, 0.3) is 0 Å². The molecule has 0 radical (unpaired) electrons. The van der Waals surface area contributed by atoms with Crippen LogP contribution in [0, 0.1) is 0 Å². The zero-order valence-electron chi connectivity index (χ0n) is 7.00. The van der Waals surface area contributed by atoms with Crippen molar-refractivity contribution in [3.63, 3.8) is 0 Å². The number of hydrogen-bond acceptors (Lipinski definition) is 3. The zero-order valence-corrected chi connectivity index (χ0v) is 7.00. The van der Waals surface area contributed by atoms with E-state index in [1.54, 1.807) is 0 Å². The van der Waals surface area contributed by atoms with Crippen LogP contribution in [0.3, 0.4) is 0 Å². The Balaban J connectivity index is 3.34. The summed E-state index contributed by atoms with van der Waals surface area (Å²) < 4.78 is 0. The number of nitrogens with zero attached hydrogens (tertiary/aromatic N) is 1. The largest absolute Gasteiger partial charge is 0.395 e. The number of quaternary nitrogens is 1. The molecule has 0 amide bonds. The summed E-state index contributed by atoms with van der Waals surface area (Å²) in [5.74, 6) is 0. The Bertz CT molecular complexity index is 74.8. The molecule has 0 rings (SSSR count). The van der Waals surface area contributed by atoms with Gasteiger partial charge in [-0.15, -0.1) is 0 Å². The maximum Gasteiger partial charge on any atom is 0.0752 e. The fraction of sp³-hybridized carbons (Fsp3) is 1.00. The van der Waals surface area contributed by atoms with Crippen molar-refractivity contribution in [2.75, 3.05) is 39.4 Å². The first-order valence-corrected chi connectivity index (χ1v) is 4.08. The van der Waals surface area contributed by atoms with E-state index in [0.29, 0.717) is 13.1 Å². The van der Waals surface area contributed by atoms with E-state index < -0.39 is 0 Å². The monoisotopic (exact) mass is 163 g/mol. The van der Waals surface area contributed by atoms with Crippen LogP contribution in [0.1, 0.15) is 6.42 Å². The zero-order chi connectivity index (χ0) is 8.53. The predicted octanol–water partition coefficient (Wildman–Crippen LogP) is -2.09. The highest BCUT2D eigenvalue weighted by Gasteiger charge is 2.01. The van der Waals surface area contributed by atoms with Gasteiger partial charge >= 0.3 is 0 Å². The molecule has 4 heteroatoms. The summed E-state index contributed by atoms with van der Waals surface area (Å²) in [7, 11) is 0. The molecule has 0 aliphatic heterocycles. The Morgan fingerprint density at radius 1 is 1.00 bits per heavy atom. The van der Waals surface area contributed by atoms with Crippen LogP contribution in [-0.2, 0) is 0 Å². The van der Waals surface area contributed by atoms with Crippen LogP contribution in [-0.4, -0.2) is 54.5 Å². The van der Waals surface area contributed by atoms with Gasteiger partial charge in [-0.05, 0) is 0 Å². The lowest BCUT2D eigenvalue weighted by Gasteiger charge is -2.18. The molecule has 11 heavy (non-hydrogen) atoms. The Kier molecular flexibility index (Phi) is 7.83. The summed E-state index contributed by atoms with van der Waals surface area (Å²) in [6, 6.07) is 0. The van der Waals surface area contributed by atoms with E-state index in [9.17, 15) is 0 Å². The van der Waals surface area contributed by atoms with E-state index in [2.05, 4.69) is 5.73 Å². The highest BCUT2D eigenvalue weighted by Crippen LogP contribution is 1.88. The third-order valence-corrected chi connectivity index (χ3v) is 1.56. The van der Waals surface area contributed by atoms with E-state index in [-0.39, 0.29) is 13.2 Å². The standard InChI is InChI=1S/C7H18N2O2/c8-2-1-3-9(4-6-10)5-7-11/h10-11H,1-8H2/p+1. The Morgan fingerprint density at radius 3 is 1.91 bits per heavy atom. The van der Waals surface area contributed by atoms with E-state index in [1.807, 2.05) is 4.90 Å². The summed E-state index contributed by atoms with van der Waals surface area (Å²) >= 11 is 0. The molecule has 0 aromatic rings. The van der Waals surface area contributed by atoms with Gasteiger partial charge in [0, 0.05) is 26.1 Å². The van der Waals surface area contributed by atoms with Crippen molar-refractivity contribution < 1.29 is 15.9 Å². The van der Waals surface area contributed by atoms with Crippen LogP contribution >= 0.6 is 0 Å². The second-order valence-electron chi connectivity index (χ2n) is 2.50. The second kappa shape index (κ2) is 7.94. The van der Waals surface area contributed by atoms with Gasteiger partial charge < -0.3 is 15.9 Å². The molecule has 0 spiro atoms. The molecule has 4 nitrogen and oxygen atoms in total. The summed E-state index contributed by atoms with van der Waals surface area (Å²) in [4.78, 5) is 2.03. The van der Waals surface area contributed by atoms with Crippen LogP contribution in [0.25, 0.3) is 0 Å². The van der Waals surface area contributed by atoms with Crippen LogP contribution < -0.4 is 5.73 Å². The summed E-state index contributed by atoms with van der Waals surface area (Å²) in [5.41, 5.74) is 3.73. The molecule has 0 saturated carbocycles. The fourth-order valence-corrected chi connectivity index (χ4v) is 0.954. The highest BCUT2D eigenvalue weighted by molar-refractivity contribution is 4.55. The molecule has 0 aromatic carbocycles. The summed E-state index contributed by atoms with van der Waals surface area (Å²) in [6.07, 6.45) is 1.03. The van der Waals surface area contributed by atoms with E-state index in [1.165, 1.54) is 0 Å². The van der Waals surface area contributed by atoms with Crippen LogP contribution in [0.15, 0.2) is 0 Å². The minimum Gasteiger partial charge on any atom is -0.395 e. The van der Waals surface area contributed by atoms with Gasteiger partial charge in [-0.1, -0.05) is 0 Å². The maximum atomic E-state index is 8.62. The molecule has 0 atom stereocenters. The lowest BCUT2D eigenvalue weighted by Crippen LogP contribution is -2.51. The molecule has 0 aliphatic carbocycles. The van der Waals surface area contributed by atoms with Crippen molar-refractivity contribution in [2.24, 2.45) is 0 Å². The van der Waals surface area contributed by atoms with Gasteiger partial charge in [-0.25, -0.2) is 0 Å². The van der Waals surface area contributed by atoms with E-state index in [4.69, 9.17) is 10.2 Å². The van der Waals surface area contributed by atoms with Crippen molar-refractivity contribution in [3.8, 4) is 0 Å². The normalized spacial score (nSPS) is 10.9. The molecule has 68 valence electrons. The number of hydrogen-bond donors (Lipinski definition) is 3. The minimum atomic E-state index is 0.164. The van der Waals surface area contributed by atoms with Gasteiger partial charge in [0.05, 0.1) is 19.8 Å². The Hall–Kier alpha value is -0.160. The lowest BCUT2D eigenvalue weighted by molar-refractivity contribution is -0.368. The van der Waals surface area contributed by atoms with Gasteiger partial charge in [-0.2, -0.15) is 0 Å². The van der Waals surface area contributed by atoms with Crippen molar-refractivity contribution in [1.29, 1.82) is 0 Å². The Labute approximate surface area is 67.6 Å². The first-order chi connectivity index (χ1) is 5.35. The number of aliphatic hydroxyl groups is 2. The topological polar surface area (TPSA) is 71.3 Å². The number of rotatable bonds is 7. The van der Waals surface area contributed by atoms with Crippen molar-refractivity contribution in [3.05, 3.63) is 0 Å². The first-order valence-electron chi connectivity index (χ1n) is 4.08. The molecule has 0 heterocycles. The third kappa shape index (κ3) is 6.25. The quantitative estimate of drug-likeness (QED) is 0.403. The smallest absolute Gasteiger partial charge is 0.0752 e. The molecule has 5 N–H and O–H groups in total. The summed E-state index contributed by atoms with van der Waals surface area (Å²) in [5, 5.41) is 17.2. The van der Waals surface area contributed by atoms with Gasteiger partial charge in [0.15, 0.2) is 0 Å². The van der Waals surface area contributed by atoms with Gasteiger partial charge in [-0.3, -0.25) is 4.90 Å². The summed E-state index contributed by atoms with van der Waals surface area (Å²) in [6.45, 7) is 3.47.